The van der Waals surface area contributed by atoms with Gasteiger partial charge in [-0.05, 0) is 75.2 Å². The van der Waals surface area contributed by atoms with Crippen molar-refractivity contribution >= 4 is 43.4 Å². The third-order valence-electron chi connectivity index (χ3n) is 9.71. The van der Waals surface area contributed by atoms with Gasteiger partial charge in [-0.2, -0.15) is 5.26 Å². The first-order valence-electron chi connectivity index (χ1n) is 15.3. The number of nitrogens with zero attached hydrogens (tertiary/aromatic N) is 3. The molecule has 0 fully saturated rings. The van der Waals surface area contributed by atoms with Crippen LogP contribution in [0.15, 0.2) is 128 Å². The summed E-state index contributed by atoms with van der Waals surface area (Å²) >= 11 is 0. The lowest BCUT2D eigenvalue weighted by Crippen LogP contribution is -2.15. The molecule has 1 aliphatic carbocycles. The highest BCUT2D eigenvalue weighted by molar-refractivity contribution is 6.28. The standard InChI is InChI=1S/C42H27N3/c1-42(2)35-21-25(23-43)11-17-31(35)32-18-16-28(22-36(32)42)26-12-14-27(15-13-26)41-34-19-20-38-40(30-8-4-3-7-29(30)24-44-38)39(34)33-9-5-6-10-37(33)45-41/h3-22,24H,1-2H3. The molecule has 0 atom stereocenters. The van der Waals surface area contributed by atoms with Crippen molar-refractivity contribution in [1.82, 2.24) is 9.97 Å². The highest BCUT2D eigenvalue weighted by Gasteiger charge is 2.35. The van der Waals surface area contributed by atoms with Crippen LogP contribution in [0.25, 0.3) is 76.9 Å². The lowest BCUT2D eigenvalue weighted by atomic mass is 9.81. The summed E-state index contributed by atoms with van der Waals surface area (Å²) in [7, 11) is 0. The van der Waals surface area contributed by atoms with Crippen molar-refractivity contribution in [3.8, 4) is 39.6 Å². The van der Waals surface area contributed by atoms with Crippen LogP contribution in [0.5, 0.6) is 0 Å². The third kappa shape index (κ3) is 3.70. The fourth-order valence-corrected chi connectivity index (χ4v) is 7.42. The Bertz CT molecular complexity index is 2570. The average molecular weight is 574 g/mol. The molecule has 0 radical (unpaired) electrons. The Morgan fingerprint density at radius 1 is 0.578 bits per heavy atom. The van der Waals surface area contributed by atoms with Gasteiger partial charge in [0, 0.05) is 44.1 Å². The van der Waals surface area contributed by atoms with Gasteiger partial charge in [-0.15, -0.1) is 0 Å². The Balaban J connectivity index is 1.20. The largest absolute Gasteiger partial charge is 0.256 e. The summed E-state index contributed by atoms with van der Waals surface area (Å²) in [4.78, 5) is 10.1. The summed E-state index contributed by atoms with van der Waals surface area (Å²) in [5, 5.41) is 16.5. The Kier molecular flexibility index (Phi) is 5.31. The second-order valence-corrected chi connectivity index (χ2v) is 12.5. The first-order chi connectivity index (χ1) is 22.0. The molecule has 45 heavy (non-hydrogen) atoms. The third-order valence-corrected chi connectivity index (χ3v) is 9.71. The summed E-state index contributed by atoms with van der Waals surface area (Å²) in [6.45, 7) is 4.51. The van der Waals surface area contributed by atoms with Gasteiger partial charge in [-0.25, -0.2) is 4.98 Å². The minimum Gasteiger partial charge on any atom is -0.256 e. The summed E-state index contributed by atoms with van der Waals surface area (Å²) in [5.74, 6) is 0. The number of nitriles is 1. The van der Waals surface area contributed by atoms with Crippen LogP contribution in [0.3, 0.4) is 0 Å². The van der Waals surface area contributed by atoms with Crippen LogP contribution in [-0.4, -0.2) is 9.97 Å². The second-order valence-electron chi connectivity index (χ2n) is 12.5. The van der Waals surface area contributed by atoms with E-state index in [0.29, 0.717) is 5.56 Å². The number of aromatic nitrogens is 2. The van der Waals surface area contributed by atoms with E-state index in [1.165, 1.54) is 44.0 Å². The molecule has 0 amide bonds. The van der Waals surface area contributed by atoms with Crippen molar-refractivity contribution in [3.63, 3.8) is 0 Å². The van der Waals surface area contributed by atoms with E-state index >= 15 is 0 Å². The van der Waals surface area contributed by atoms with Crippen LogP contribution in [0.1, 0.15) is 30.5 Å². The maximum Gasteiger partial charge on any atom is 0.0991 e. The smallest absolute Gasteiger partial charge is 0.0991 e. The van der Waals surface area contributed by atoms with Crippen molar-refractivity contribution in [2.75, 3.05) is 0 Å². The van der Waals surface area contributed by atoms with Gasteiger partial charge in [0.25, 0.3) is 0 Å². The summed E-state index contributed by atoms with van der Waals surface area (Å²) < 4.78 is 0. The maximum absolute atomic E-state index is 9.50. The zero-order chi connectivity index (χ0) is 30.3. The Morgan fingerprint density at radius 2 is 1.27 bits per heavy atom. The average Bonchev–Trinajstić information content (AvgIpc) is 3.32. The molecule has 3 nitrogen and oxygen atoms in total. The van der Waals surface area contributed by atoms with Gasteiger partial charge in [0.2, 0.25) is 0 Å². The SMILES string of the molecule is CC1(C)c2cc(C#N)ccc2-c2ccc(-c3ccc(-c4nc5ccccc5c5c4ccc4ncc6ccccc6c45)cc3)cc21. The number of hydrogen-bond acceptors (Lipinski definition) is 3. The normalized spacial score (nSPS) is 13.3. The molecule has 0 saturated heterocycles. The van der Waals surface area contributed by atoms with E-state index in [4.69, 9.17) is 9.97 Å². The summed E-state index contributed by atoms with van der Waals surface area (Å²) in [5.41, 5.74) is 11.9. The van der Waals surface area contributed by atoms with E-state index in [9.17, 15) is 5.26 Å². The van der Waals surface area contributed by atoms with Gasteiger partial charge < -0.3 is 0 Å². The number of pyridine rings is 2. The van der Waals surface area contributed by atoms with Gasteiger partial charge in [0.15, 0.2) is 0 Å². The van der Waals surface area contributed by atoms with Gasteiger partial charge in [0.05, 0.1) is 28.4 Å². The molecule has 6 aromatic carbocycles. The zero-order valence-corrected chi connectivity index (χ0v) is 25.0. The fraction of sp³-hybridized carbons (Fsp3) is 0.0714. The van der Waals surface area contributed by atoms with Gasteiger partial charge >= 0.3 is 0 Å². The van der Waals surface area contributed by atoms with Crippen molar-refractivity contribution in [2.24, 2.45) is 0 Å². The molecule has 0 bridgehead atoms. The highest BCUT2D eigenvalue weighted by atomic mass is 14.7. The number of fused-ring (bicyclic) bond motifs is 10. The first kappa shape index (κ1) is 25.6. The molecule has 0 saturated carbocycles. The van der Waals surface area contributed by atoms with E-state index in [2.05, 4.69) is 129 Å². The van der Waals surface area contributed by atoms with E-state index in [1.807, 2.05) is 18.3 Å². The molecule has 0 spiro atoms. The molecule has 210 valence electrons. The fourth-order valence-electron chi connectivity index (χ4n) is 7.42. The van der Waals surface area contributed by atoms with Crippen LogP contribution in [0, 0.1) is 11.3 Å². The molecule has 8 aromatic rings. The minimum atomic E-state index is -0.177. The van der Waals surface area contributed by atoms with E-state index < -0.39 is 0 Å². The van der Waals surface area contributed by atoms with E-state index in [0.717, 1.165) is 44.0 Å². The van der Waals surface area contributed by atoms with Gasteiger partial charge in [-0.1, -0.05) is 98.8 Å². The Hall–Kier alpha value is -5.85. The molecular weight excluding hydrogens is 546 g/mol. The van der Waals surface area contributed by atoms with Crippen molar-refractivity contribution in [2.45, 2.75) is 19.3 Å². The predicted molar refractivity (Wildman–Crippen MR) is 185 cm³/mol. The van der Waals surface area contributed by atoms with Crippen LogP contribution in [-0.2, 0) is 5.41 Å². The molecule has 0 aliphatic heterocycles. The number of rotatable bonds is 2. The summed E-state index contributed by atoms with van der Waals surface area (Å²) in [6, 6.07) is 45.2. The minimum absolute atomic E-state index is 0.177. The lowest BCUT2D eigenvalue weighted by molar-refractivity contribution is 0.660. The Morgan fingerprint density at radius 3 is 2.09 bits per heavy atom. The maximum atomic E-state index is 9.50. The highest BCUT2D eigenvalue weighted by Crippen LogP contribution is 2.50. The first-order valence-corrected chi connectivity index (χ1v) is 15.3. The lowest BCUT2D eigenvalue weighted by Gasteiger charge is -2.22. The van der Waals surface area contributed by atoms with Crippen molar-refractivity contribution < 1.29 is 0 Å². The number of benzene rings is 6. The molecule has 9 rings (SSSR count). The number of para-hydroxylation sites is 1. The van der Waals surface area contributed by atoms with E-state index in [-0.39, 0.29) is 5.41 Å². The van der Waals surface area contributed by atoms with E-state index in [1.54, 1.807) is 0 Å². The van der Waals surface area contributed by atoms with Crippen molar-refractivity contribution in [3.05, 3.63) is 144 Å². The monoisotopic (exact) mass is 573 g/mol. The van der Waals surface area contributed by atoms with Crippen LogP contribution < -0.4 is 0 Å². The quantitative estimate of drug-likeness (QED) is 0.193. The molecule has 1 aliphatic rings. The van der Waals surface area contributed by atoms with Crippen LogP contribution in [0.4, 0.5) is 0 Å². The molecule has 0 N–H and O–H groups in total. The van der Waals surface area contributed by atoms with Crippen LogP contribution >= 0.6 is 0 Å². The molecular formula is C42H27N3. The van der Waals surface area contributed by atoms with Crippen molar-refractivity contribution in [1.29, 1.82) is 5.26 Å². The molecule has 3 heteroatoms. The molecule has 0 unspecified atom stereocenters. The van der Waals surface area contributed by atoms with Gasteiger partial charge in [0.1, 0.15) is 0 Å². The predicted octanol–water partition coefficient (Wildman–Crippen LogP) is 10.6. The van der Waals surface area contributed by atoms with Crippen LogP contribution in [0.2, 0.25) is 0 Å². The van der Waals surface area contributed by atoms with Gasteiger partial charge in [-0.3, -0.25) is 4.98 Å². The second kappa shape index (κ2) is 9.32. The zero-order valence-electron chi connectivity index (χ0n) is 25.0. The topological polar surface area (TPSA) is 49.6 Å². The molecule has 2 heterocycles. The molecule has 2 aromatic heterocycles. The summed E-state index contributed by atoms with van der Waals surface area (Å²) in [6.07, 6.45) is 1.97. The Labute approximate surface area is 261 Å². The number of hydrogen-bond donors (Lipinski definition) is 0.